The molecule has 9 rings (SSSR count). The number of rotatable bonds is 2. The Kier molecular flexibility index (Phi) is 5.18. The fraction of sp³-hybridized carbons (Fsp3) is 0.175. The first kappa shape index (κ1) is 25.9. The van der Waals surface area contributed by atoms with Gasteiger partial charge in [-0.15, -0.1) is 0 Å². The standard InChI is InChI=1S/C40H32BNO2/c1-38(2)39(3,4)44-41(43-38)26-22-23-28-27-16-8-11-19-31(27)40(33(28)24-26)32-20-12-9-17-29(32)35-36(40)30-18-10-13-21-34(30)42-37(35)25-14-6-5-7-15-25/h5-24H,1-4H3. The second-order valence-electron chi connectivity index (χ2n) is 13.3. The van der Waals surface area contributed by atoms with Crippen LogP contribution in [0.4, 0.5) is 0 Å². The van der Waals surface area contributed by atoms with Crippen molar-refractivity contribution in [1.29, 1.82) is 0 Å². The molecule has 1 spiro atoms. The van der Waals surface area contributed by atoms with E-state index in [4.69, 9.17) is 14.3 Å². The molecule has 0 N–H and O–H groups in total. The molecule has 1 fully saturated rings. The fourth-order valence-corrected chi connectivity index (χ4v) is 7.81. The van der Waals surface area contributed by atoms with Crippen LogP contribution >= 0.6 is 0 Å². The Hall–Kier alpha value is -4.51. The highest BCUT2D eigenvalue weighted by Gasteiger charge is 2.55. The molecule has 3 nitrogen and oxygen atoms in total. The molecule has 0 bridgehead atoms. The van der Waals surface area contributed by atoms with E-state index in [1.165, 1.54) is 49.9 Å². The second kappa shape index (κ2) is 8.78. The average molecular weight is 570 g/mol. The van der Waals surface area contributed by atoms with Gasteiger partial charge < -0.3 is 9.31 Å². The molecule has 0 radical (unpaired) electrons. The number of hydrogen-bond donors (Lipinski definition) is 0. The molecular weight excluding hydrogens is 537 g/mol. The zero-order valence-corrected chi connectivity index (χ0v) is 25.4. The number of hydrogen-bond acceptors (Lipinski definition) is 3. The molecule has 0 amide bonds. The van der Waals surface area contributed by atoms with Crippen LogP contribution in [-0.4, -0.2) is 23.3 Å². The summed E-state index contributed by atoms with van der Waals surface area (Å²) in [6, 6.07) is 44.0. The predicted molar refractivity (Wildman–Crippen MR) is 179 cm³/mol. The number of pyridine rings is 1. The minimum atomic E-state index is -0.524. The van der Waals surface area contributed by atoms with Gasteiger partial charge in [0.05, 0.1) is 27.8 Å². The molecule has 5 aromatic carbocycles. The van der Waals surface area contributed by atoms with Crippen LogP contribution < -0.4 is 5.46 Å². The molecule has 212 valence electrons. The summed E-state index contributed by atoms with van der Waals surface area (Å²) in [5.74, 6) is 0. The minimum Gasteiger partial charge on any atom is -0.399 e. The van der Waals surface area contributed by atoms with E-state index >= 15 is 0 Å². The van der Waals surface area contributed by atoms with Crippen molar-refractivity contribution in [1.82, 2.24) is 4.98 Å². The maximum atomic E-state index is 6.59. The number of para-hydroxylation sites is 1. The lowest BCUT2D eigenvalue weighted by Crippen LogP contribution is -2.41. The molecular formula is C40H32BNO2. The number of benzene rings is 5. The van der Waals surface area contributed by atoms with Crippen molar-refractivity contribution in [2.45, 2.75) is 44.3 Å². The SMILES string of the molecule is CC1(C)OB(c2ccc3c(c2)C2(c4ccccc4-3)c3ccccc3-c3c(-c4ccccc4)nc4ccccc4c32)OC1(C)C. The maximum absolute atomic E-state index is 6.59. The van der Waals surface area contributed by atoms with Gasteiger partial charge in [0.25, 0.3) is 0 Å². The largest absolute Gasteiger partial charge is 0.494 e. The third-order valence-electron chi connectivity index (χ3n) is 10.5. The summed E-state index contributed by atoms with van der Waals surface area (Å²) < 4.78 is 13.2. The topological polar surface area (TPSA) is 31.4 Å². The normalized spacial score (nSPS) is 20.0. The smallest absolute Gasteiger partial charge is 0.399 e. The Morgan fingerprint density at radius 3 is 1.91 bits per heavy atom. The van der Waals surface area contributed by atoms with Gasteiger partial charge in [0, 0.05) is 16.5 Å². The third kappa shape index (κ3) is 3.22. The van der Waals surface area contributed by atoms with Crippen molar-refractivity contribution in [2.75, 3.05) is 0 Å². The molecule has 1 saturated heterocycles. The van der Waals surface area contributed by atoms with Crippen LogP contribution in [0, 0.1) is 0 Å². The number of aromatic nitrogens is 1. The lowest BCUT2D eigenvalue weighted by Gasteiger charge is -2.32. The zero-order chi connectivity index (χ0) is 29.8. The molecule has 44 heavy (non-hydrogen) atoms. The zero-order valence-electron chi connectivity index (χ0n) is 25.4. The van der Waals surface area contributed by atoms with E-state index in [2.05, 4.69) is 149 Å². The van der Waals surface area contributed by atoms with Crippen LogP contribution in [0.25, 0.3) is 44.4 Å². The van der Waals surface area contributed by atoms with Crippen molar-refractivity contribution in [3.63, 3.8) is 0 Å². The van der Waals surface area contributed by atoms with Gasteiger partial charge in [-0.2, -0.15) is 0 Å². The highest BCUT2D eigenvalue weighted by Crippen LogP contribution is 2.65. The summed E-state index contributed by atoms with van der Waals surface area (Å²) in [6.45, 7) is 8.47. The highest BCUT2D eigenvalue weighted by molar-refractivity contribution is 6.62. The van der Waals surface area contributed by atoms with Gasteiger partial charge in [-0.05, 0) is 78.2 Å². The van der Waals surface area contributed by atoms with Gasteiger partial charge in [-0.3, -0.25) is 0 Å². The van der Waals surface area contributed by atoms with Crippen LogP contribution in [0.3, 0.4) is 0 Å². The first-order valence-electron chi connectivity index (χ1n) is 15.5. The number of fused-ring (bicyclic) bond motifs is 12. The summed E-state index contributed by atoms with van der Waals surface area (Å²) in [5, 5.41) is 1.18. The summed E-state index contributed by atoms with van der Waals surface area (Å²) in [4.78, 5) is 5.35. The van der Waals surface area contributed by atoms with Crippen LogP contribution in [0.2, 0.25) is 0 Å². The Morgan fingerprint density at radius 2 is 1.16 bits per heavy atom. The summed E-state index contributed by atoms with van der Waals surface area (Å²) in [5.41, 5.74) is 13.0. The number of nitrogens with zero attached hydrogens (tertiary/aromatic N) is 1. The highest BCUT2D eigenvalue weighted by atomic mass is 16.7. The Morgan fingerprint density at radius 1 is 0.568 bits per heavy atom. The molecule has 6 aromatic rings. The molecule has 2 aliphatic carbocycles. The molecule has 2 heterocycles. The fourth-order valence-electron chi connectivity index (χ4n) is 7.81. The van der Waals surface area contributed by atoms with E-state index in [1.807, 2.05) is 0 Å². The molecule has 1 aromatic heterocycles. The van der Waals surface area contributed by atoms with Gasteiger partial charge in [-0.1, -0.05) is 115 Å². The Labute approximate surface area is 258 Å². The Bertz CT molecular complexity index is 2140. The molecule has 1 atom stereocenters. The van der Waals surface area contributed by atoms with E-state index in [9.17, 15) is 0 Å². The first-order chi connectivity index (χ1) is 21.3. The summed E-state index contributed by atoms with van der Waals surface area (Å²) in [6.07, 6.45) is 0. The molecule has 0 saturated carbocycles. The van der Waals surface area contributed by atoms with Crippen molar-refractivity contribution in [3.8, 4) is 33.5 Å². The van der Waals surface area contributed by atoms with Gasteiger partial charge in [0.2, 0.25) is 0 Å². The van der Waals surface area contributed by atoms with E-state index in [-0.39, 0.29) is 0 Å². The minimum absolute atomic E-state index is 0.420. The quantitative estimate of drug-likeness (QED) is 0.196. The van der Waals surface area contributed by atoms with E-state index in [1.54, 1.807) is 0 Å². The monoisotopic (exact) mass is 569 g/mol. The first-order valence-corrected chi connectivity index (χ1v) is 15.5. The van der Waals surface area contributed by atoms with Crippen LogP contribution in [0.1, 0.15) is 49.9 Å². The molecule has 3 aliphatic rings. The third-order valence-corrected chi connectivity index (χ3v) is 10.5. The van der Waals surface area contributed by atoms with Gasteiger partial charge in [0.1, 0.15) is 0 Å². The van der Waals surface area contributed by atoms with E-state index < -0.39 is 23.7 Å². The van der Waals surface area contributed by atoms with Crippen LogP contribution in [0.15, 0.2) is 121 Å². The molecule has 1 aliphatic heterocycles. The van der Waals surface area contributed by atoms with Gasteiger partial charge >= 0.3 is 7.12 Å². The van der Waals surface area contributed by atoms with Crippen molar-refractivity contribution in [2.24, 2.45) is 0 Å². The predicted octanol–water partition coefficient (Wildman–Crippen LogP) is 8.54. The van der Waals surface area contributed by atoms with Crippen LogP contribution in [0.5, 0.6) is 0 Å². The lowest BCUT2D eigenvalue weighted by molar-refractivity contribution is 0.00578. The summed E-state index contributed by atoms with van der Waals surface area (Å²) in [7, 11) is -0.448. The summed E-state index contributed by atoms with van der Waals surface area (Å²) >= 11 is 0. The second-order valence-corrected chi connectivity index (χ2v) is 13.3. The van der Waals surface area contributed by atoms with E-state index in [0.717, 1.165) is 22.2 Å². The van der Waals surface area contributed by atoms with Crippen molar-refractivity contribution >= 4 is 23.5 Å². The molecule has 1 unspecified atom stereocenters. The van der Waals surface area contributed by atoms with Gasteiger partial charge in [-0.25, -0.2) is 4.98 Å². The van der Waals surface area contributed by atoms with Crippen molar-refractivity contribution in [3.05, 3.63) is 144 Å². The van der Waals surface area contributed by atoms with E-state index in [0.29, 0.717) is 0 Å². The average Bonchev–Trinajstić information content (AvgIpc) is 3.60. The maximum Gasteiger partial charge on any atom is 0.494 e. The Balaban J connectivity index is 1.42. The molecule has 4 heteroatoms. The van der Waals surface area contributed by atoms with Crippen LogP contribution in [-0.2, 0) is 14.7 Å². The van der Waals surface area contributed by atoms with Gasteiger partial charge in [0.15, 0.2) is 0 Å². The van der Waals surface area contributed by atoms with Crippen molar-refractivity contribution < 1.29 is 9.31 Å². The lowest BCUT2D eigenvalue weighted by atomic mass is 9.67.